The number of aromatic nitrogens is 1. The Morgan fingerprint density at radius 1 is 1.32 bits per heavy atom. The molecule has 1 aliphatic heterocycles. The molecule has 0 saturated carbocycles. The molecule has 0 unspecified atom stereocenters. The first-order chi connectivity index (χ1) is 11.2. The summed E-state index contributed by atoms with van der Waals surface area (Å²) in [6, 6.07) is 0. The summed E-state index contributed by atoms with van der Waals surface area (Å²) in [5, 5.41) is 1.08. The van der Waals surface area contributed by atoms with Crippen LogP contribution in [0.3, 0.4) is 0 Å². The summed E-state index contributed by atoms with van der Waals surface area (Å²) in [5.41, 5.74) is 5.60. The Hall–Kier alpha value is -1.10. The van der Waals surface area contributed by atoms with E-state index in [-0.39, 0.29) is 30.1 Å². The van der Waals surface area contributed by atoms with Gasteiger partial charge >= 0.3 is 6.09 Å². The van der Waals surface area contributed by atoms with Gasteiger partial charge in [0.15, 0.2) is 5.96 Å². The zero-order valence-electron chi connectivity index (χ0n) is 15.3. The smallest absolute Gasteiger partial charge is 0.410 e. The van der Waals surface area contributed by atoms with Gasteiger partial charge in [0.2, 0.25) is 0 Å². The molecule has 1 saturated heterocycles. The third kappa shape index (κ3) is 7.35. The quantitative estimate of drug-likeness (QED) is 0.408. The zero-order chi connectivity index (χ0) is 17.7. The molecule has 0 bridgehead atoms. The number of carbonyl (C=O) groups is 1. The molecule has 1 aromatic heterocycles. The number of ether oxygens (including phenoxy) is 1. The number of aryl methyl sites for hydroxylation is 1. The number of guanidine groups is 1. The molecule has 0 aliphatic carbocycles. The summed E-state index contributed by atoms with van der Waals surface area (Å²) in [6.45, 7) is 10.8. The lowest BCUT2D eigenvalue weighted by Crippen LogP contribution is -2.53. The minimum absolute atomic E-state index is 0. The topological polar surface area (TPSA) is 84.0 Å². The number of hydrogen-bond donors (Lipinski definition) is 1. The highest BCUT2D eigenvalue weighted by atomic mass is 127. The molecular formula is C16H28IN5O2S. The lowest BCUT2D eigenvalue weighted by molar-refractivity contribution is 0.0186. The first kappa shape index (κ1) is 21.9. The van der Waals surface area contributed by atoms with Crippen LogP contribution in [0.2, 0.25) is 0 Å². The largest absolute Gasteiger partial charge is 0.444 e. The van der Waals surface area contributed by atoms with Crippen molar-refractivity contribution in [2.24, 2.45) is 10.7 Å². The molecule has 0 spiro atoms. The second-order valence-corrected chi connectivity index (χ2v) is 8.13. The van der Waals surface area contributed by atoms with Crippen LogP contribution in [0.4, 0.5) is 4.79 Å². The van der Waals surface area contributed by atoms with Crippen LogP contribution in [0.25, 0.3) is 0 Å². The Bertz CT molecular complexity index is 592. The van der Waals surface area contributed by atoms with Crippen LogP contribution in [0, 0.1) is 6.92 Å². The maximum absolute atomic E-state index is 12.0. The van der Waals surface area contributed by atoms with Gasteiger partial charge in [-0.1, -0.05) is 0 Å². The van der Waals surface area contributed by atoms with Crippen molar-refractivity contribution in [2.75, 3.05) is 32.7 Å². The molecule has 2 rings (SSSR count). The number of rotatable bonds is 3. The molecule has 2 heterocycles. The summed E-state index contributed by atoms with van der Waals surface area (Å²) in [6.07, 6.45) is 2.41. The molecule has 142 valence electrons. The number of halogens is 1. The molecule has 2 N–H and O–H groups in total. The van der Waals surface area contributed by atoms with E-state index in [9.17, 15) is 4.79 Å². The van der Waals surface area contributed by atoms with E-state index in [0.29, 0.717) is 38.7 Å². The minimum atomic E-state index is -0.469. The molecule has 1 fully saturated rings. The van der Waals surface area contributed by atoms with Crippen molar-refractivity contribution in [2.45, 2.75) is 39.7 Å². The van der Waals surface area contributed by atoms with E-state index in [1.165, 1.54) is 4.88 Å². The molecule has 1 aliphatic rings. The van der Waals surface area contributed by atoms with Crippen molar-refractivity contribution in [3.8, 4) is 0 Å². The van der Waals surface area contributed by atoms with E-state index in [2.05, 4.69) is 9.98 Å². The van der Waals surface area contributed by atoms with Crippen LogP contribution in [0.15, 0.2) is 11.2 Å². The van der Waals surface area contributed by atoms with Crippen LogP contribution in [0.5, 0.6) is 0 Å². The molecule has 1 aromatic rings. The summed E-state index contributed by atoms with van der Waals surface area (Å²) < 4.78 is 5.39. The standard InChI is InChI=1S/C16H27N5O2S.HI/c1-12-11-19-13(24-12)5-6-18-14(17)20-7-9-21(10-8-20)15(22)23-16(2,3)4;/h11H,5-10H2,1-4H3,(H2,17,18);1H. The van der Waals surface area contributed by atoms with Gasteiger partial charge < -0.3 is 20.3 Å². The van der Waals surface area contributed by atoms with Crippen molar-refractivity contribution in [1.82, 2.24) is 14.8 Å². The Balaban J connectivity index is 0.00000312. The molecule has 1 amide bonds. The van der Waals surface area contributed by atoms with Crippen molar-refractivity contribution < 1.29 is 9.53 Å². The van der Waals surface area contributed by atoms with Gasteiger partial charge in [0.1, 0.15) is 5.60 Å². The predicted molar refractivity (Wildman–Crippen MR) is 112 cm³/mol. The number of piperazine rings is 1. The van der Waals surface area contributed by atoms with Gasteiger partial charge in [-0.3, -0.25) is 4.99 Å². The molecule has 0 atom stereocenters. The van der Waals surface area contributed by atoms with E-state index in [1.807, 2.05) is 38.8 Å². The van der Waals surface area contributed by atoms with Gasteiger partial charge in [-0.05, 0) is 27.7 Å². The second-order valence-electron chi connectivity index (χ2n) is 6.81. The van der Waals surface area contributed by atoms with Crippen molar-refractivity contribution >= 4 is 47.4 Å². The first-order valence-electron chi connectivity index (χ1n) is 8.19. The average Bonchev–Trinajstić information content (AvgIpc) is 2.91. The molecule has 9 heteroatoms. The normalized spacial score (nSPS) is 15.8. The third-order valence-corrected chi connectivity index (χ3v) is 4.50. The van der Waals surface area contributed by atoms with E-state index < -0.39 is 5.60 Å². The number of nitrogens with zero attached hydrogens (tertiary/aromatic N) is 4. The van der Waals surface area contributed by atoms with Crippen LogP contribution in [-0.4, -0.2) is 65.2 Å². The molecule has 7 nitrogen and oxygen atoms in total. The number of carbonyl (C=O) groups excluding carboxylic acids is 1. The van der Waals surface area contributed by atoms with Crippen molar-refractivity contribution in [3.63, 3.8) is 0 Å². The minimum Gasteiger partial charge on any atom is -0.444 e. The number of thiazole rings is 1. The van der Waals surface area contributed by atoms with Gasteiger partial charge in [-0.25, -0.2) is 9.78 Å². The summed E-state index contributed by atoms with van der Waals surface area (Å²) in [4.78, 5) is 25.7. The maximum Gasteiger partial charge on any atom is 0.410 e. The van der Waals surface area contributed by atoms with Gasteiger partial charge in [0, 0.05) is 50.2 Å². The fourth-order valence-electron chi connectivity index (χ4n) is 2.33. The second kappa shape index (κ2) is 9.56. The lowest BCUT2D eigenvalue weighted by atomic mass is 10.2. The van der Waals surface area contributed by atoms with E-state index in [0.717, 1.165) is 11.4 Å². The fourth-order valence-corrected chi connectivity index (χ4v) is 3.10. The van der Waals surface area contributed by atoms with Crippen LogP contribution < -0.4 is 5.73 Å². The molecule has 0 aromatic carbocycles. The summed E-state index contributed by atoms with van der Waals surface area (Å²) >= 11 is 1.69. The van der Waals surface area contributed by atoms with Crippen LogP contribution >= 0.6 is 35.3 Å². The lowest BCUT2D eigenvalue weighted by Gasteiger charge is -2.36. The van der Waals surface area contributed by atoms with Gasteiger partial charge in [0.25, 0.3) is 0 Å². The van der Waals surface area contributed by atoms with E-state index in [1.54, 1.807) is 16.2 Å². The Labute approximate surface area is 170 Å². The Kier molecular flexibility index (Phi) is 8.39. The van der Waals surface area contributed by atoms with E-state index >= 15 is 0 Å². The van der Waals surface area contributed by atoms with Crippen LogP contribution in [0.1, 0.15) is 30.7 Å². The van der Waals surface area contributed by atoms with Gasteiger partial charge in [0.05, 0.1) is 5.01 Å². The van der Waals surface area contributed by atoms with Crippen LogP contribution in [-0.2, 0) is 11.2 Å². The number of amides is 1. The van der Waals surface area contributed by atoms with Crippen molar-refractivity contribution in [1.29, 1.82) is 0 Å². The maximum atomic E-state index is 12.0. The van der Waals surface area contributed by atoms with Crippen molar-refractivity contribution in [3.05, 3.63) is 16.1 Å². The zero-order valence-corrected chi connectivity index (χ0v) is 18.5. The van der Waals surface area contributed by atoms with Gasteiger partial charge in [-0.2, -0.15) is 0 Å². The highest BCUT2D eigenvalue weighted by molar-refractivity contribution is 14.0. The highest BCUT2D eigenvalue weighted by Gasteiger charge is 2.26. The van der Waals surface area contributed by atoms with Gasteiger partial charge in [-0.15, -0.1) is 35.3 Å². The Morgan fingerprint density at radius 2 is 1.92 bits per heavy atom. The number of nitrogens with two attached hydrogens (primary N) is 1. The summed E-state index contributed by atoms with van der Waals surface area (Å²) in [7, 11) is 0. The third-order valence-electron chi connectivity index (χ3n) is 3.52. The average molecular weight is 481 g/mol. The molecule has 25 heavy (non-hydrogen) atoms. The molecule has 0 radical (unpaired) electrons. The highest BCUT2D eigenvalue weighted by Crippen LogP contribution is 2.13. The first-order valence-corrected chi connectivity index (χ1v) is 9.00. The Morgan fingerprint density at radius 3 is 2.44 bits per heavy atom. The number of aliphatic imine (C=N–C) groups is 1. The monoisotopic (exact) mass is 481 g/mol. The predicted octanol–water partition coefficient (Wildman–Crippen LogP) is 2.48. The summed E-state index contributed by atoms with van der Waals surface area (Å²) in [5.74, 6) is 0.534. The SMILES string of the molecule is Cc1cnc(CCN=C(N)N2CCN(C(=O)OC(C)(C)C)CC2)s1.I. The molecular weight excluding hydrogens is 453 g/mol. The van der Waals surface area contributed by atoms with E-state index in [4.69, 9.17) is 10.5 Å². The fraction of sp³-hybridized carbons (Fsp3) is 0.688. The number of hydrogen-bond acceptors (Lipinski definition) is 5.